The average molecular weight is 328 g/mol. The topological polar surface area (TPSA) is 49.3 Å². The van der Waals surface area contributed by atoms with E-state index in [2.05, 4.69) is 5.32 Å². The van der Waals surface area contributed by atoms with Crippen LogP contribution in [0.2, 0.25) is 10.0 Å². The number of phenols is 1. The number of carbonyl (C=O) groups excluding carboxylic acids is 1. The van der Waals surface area contributed by atoms with Crippen molar-refractivity contribution in [1.29, 1.82) is 0 Å². The lowest BCUT2D eigenvalue weighted by Gasteiger charge is -2.07. The van der Waals surface area contributed by atoms with E-state index in [9.17, 15) is 14.3 Å². The van der Waals surface area contributed by atoms with Gasteiger partial charge in [-0.3, -0.25) is 4.79 Å². The first-order valence-electron chi connectivity index (χ1n) is 6.18. The third-order valence-corrected chi connectivity index (χ3v) is 3.47. The van der Waals surface area contributed by atoms with Gasteiger partial charge in [0.2, 0.25) is 0 Å². The molecule has 3 nitrogen and oxygen atoms in total. The van der Waals surface area contributed by atoms with Crippen LogP contribution in [0.5, 0.6) is 5.75 Å². The molecule has 2 rings (SSSR count). The Balaban J connectivity index is 1.94. The van der Waals surface area contributed by atoms with E-state index in [1.54, 1.807) is 12.1 Å². The highest BCUT2D eigenvalue weighted by Gasteiger charge is 2.11. The fraction of sp³-hybridized carbons (Fsp3) is 0.133. The number of aromatic hydroxyl groups is 1. The first kappa shape index (κ1) is 15.6. The van der Waals surface area contributed by atoms with Crippen LogP contribution in [0.4, 0.5) is 4.39 Å². The van der Waals surface area contributed by atoms with Gasteiger partial charge in [0, 0.05) is 12.1 Å². The second-order valence-electron chi connectivity index (χ2n) is 4.42. The summed E-state index contributed by atoms with van der Waals surface area (Å²) in [6.07, 6.45) is 0.575. The van der Waals surface area contributed by atoms with E-state index in [4.69, 9.17) is 23.2 Å². The van der Waals surface area contributed by atoms with E-state index in [1.807, 2.05) is 0 Å². The molecule has 1 amide bonds. The lowest BCUT2D eigenvalue weighted by atomic mass is 10.1. The van der Waals surface area contributed by atoms with Gasteiger partial charge in [0.1, 0.15) is 5.82 Å². The van der Waals surface area contributed by atoms with E-state index >= 15 is 0 Å². The fourth-order valence-electron chi connectivity index (χ4n) is 1.77. The quantitative estimate of drug-likeness (QED) is 0.897. The maximum atomic E-state index is 12.8. The average Bonchev–Trinajstić information content (AvgIpc) is 2.46. The van der Waals surface area contributed by atoms with Crippen molar-refractivity contribution in [3.63, 3.8) is 0 Å². The Morgan fingerprint density at radius 1 is 1.14 bits per heavy atom. The number of hydrogen-bond donors (Lipinski definition) is 2. The van der Waals surface area contributed by atoms with Crippen LogP contribution in [0.25, 0.3) is 0 Å². The monoisotopic (exact) mass is 327 g/mol. The largest absolute Gasteiger partial charge is 0.505 e. The van der Waals surface area contributed by atoms with Gasteiger partial charge in [-0.05, 0) is 36.2 Å². The third-order valence-electron chi connectivity index (χ3n) is 2.89. The molecule has 2 aromatic carbocycles. The fourth-order valence-corrected chi connectivity index (χ4v) is 2.26. The number of phenolic OH excluding ortho intramolecular Hbond substituents is 1. The summed E-state index contributed by atoms with van der Waals surface area (Å²) in [7, 11) is 0. The van der Waals surface area contributed by atoms with Crippen LogP contribution in [0.3, 0.4) is 0 Å². The highest BCUT2D eigenvalue weighted by molar-refractivity contribution is 6.37. The minimum absolute atomic E-state index is 0.0196. The van der Waals surface area contributed by atoms with Gasteiger partial charge in [0.05, 0.1) is 10.0 Å². The second kappa shape index (κ2) is 6.78. The zero-order chi connectivity index (χ0) is 15.4. The molecule has 0 aliphatic carbocycles. The molecule has 0 unspecified atom stereocenters. The summed E-state index contributed by atoms with van der Waals surface area (Å²) >= 11 is 11.5. The van der Waals surface area contributed by atoms with Crippen molar-refractivity contribution in [2.24, 2.45) is 0 Å². The number of amides is 1. The molecule has 0 aliphatic rings. The molecule has 0 heterocycles. The summed E-state index contributed by atoms with van der Waals surface area (Å²) in [5.74, 6) is -0.890. The SMILES string of the molecule is O=C(NCCc1ccc(F)cc1)c1cc(Cl)c(O)c(Cl)c1. The molecule has 0 saturated carbocycles. The van der Waals surface area contributed by atoms with Crippen LogP contribution in [0.15, 0.2) is 36.4 Å². The van der Waals surface area contributed by atoms with Crippen molar-refractivity contribution in [3.05, 3.63) is 63.4 Å². The van der Waals surface area contributed by atoms with E-state index in [1.165, 1.54) is 24.3 Å². The van der Waals surface area contributed by atoms with Crippen molar-refractivity contribution < 1.29 is 14.3 Å². The molecule has 2 aromatic rings. The molecule has 110 valence electrons. The van der Waals surface area contributed by atoms with Gasteiger partial charge in [0.15, 0.2) is 5.75 Å². The van der Waals surface area contributed by atoms with Crippen molar-refractivity contribution in [1.82, 2.24) is 5.32 Å². The molecule has 0 aliphatic heterocycles. The maximum absolute atomic E-state index is 12.8. The highest BCUT2D eigenvalue weighted by atomic mass is 35.5. The van der Waals surface area contributed by atoms with Gasteiger partial charge in [0.25, 0.3) is 5.91 Å². The Bertz CT molecular complexity index is 636. The molecular weight excluding hydrogens is 316 g/mol. The van der Waals surface area contributed by atoms with Crippen molar-refractivity contribution in [2.45, 2.75) is 6.42 Å². The standard InChI is InChI=1S/C15H12Cl2FNO2/c16-12-7-10(8-13(17)14(12)20)15(21)19-6-5-9-1-3-11(18)4-2-9/h1-4,7-8,20H,5-6H2,(H,19,21). The number of benzene rings is 2. The number of halogens is 3. The smallest absolute Gasteiger partial charge is 0.251 e. The van der Waals surface area contributed by atoms with E-state index in [-0.39, 0.29) is 33.1 Å². The number of rotatable bonds is 4. The van der Waals surface area contributed by atoms with Crippen LogP contribution in [0, 0.1) is 5.82 Å². The Labute approximate surface area is 131 Å². The third kappa shape index (κ3) is 4.09. The summed E-state index contributed by atoms with van der Waals surface area (Å²) in [6, 6.07) is 8.75. The number of carbonyl (C=O) groups is 1. The van der Waals surface area contributed by atoms with Gasteiger partial charge >= 0.3 is 0 Å². The molecule has 6 heteroatoms. The minimum Gasteiger partial charge on any atom is -0.505 e. The van der Waals surface area contributed by atoms with Gasteiger partial charge in [-0.15, -0.1) is 0 Å². The molecule has 0 saturated heterocycles. The first-order chi connectivity index (χ1) is 9.97. The molecule has 21 heavy (non-hydrogen) atoms. The Kier molecular flexibility index (Phi) is 5.04. The molecular formula is C15H12Cl2FNO2. The molecule has 0 aromatic heterocycles. The molecule has 2 N–H and O–H groups in total. The van der Waals surface area contributed by atoms with Crippen LogP contribution >= 0.6 is 23.2 Å². The predicted molar refractivity (Wildman–Crippen MR) is 80.6 cm³/mol. The van der Waals surface area contributed by atoms with Gasteiger partial charge < -0.3 is 10.4 Å². The van der Waals surface area contributed by atoms with Gasteiger partial charge in [-0.2, -0.15) is 0 Å². The summed E-state index contributed by atoms with van der Waals surface area (Å²) < 4.78 is 12.8. The van der Waals surface area contributed by atoms with Crippen LogP contribution in [-0.4, -0.2) is 17.6 Å². The zero-order valence-corrected chi connectivity index (χ0v) is 12.4. The van der Waals surface area contributed by atoms with Gasteiger partial charge in [-0.25, -0.2) is 4.39 Å². The molecule has 0 bridgehead atoms. The van der Waals surface area contributed by atoms with Crippen LogP contribution < -0.4 is 5.32 Å². The summed E-state index contributed by atoms with van der Waals surface area (Å²) in [5.41, 5.74) is 1.18. The zero-order valence-electron chi connectivity index (χ0n) is 10.9. The van der Waals surface area contributed by atoms with Crippen LogP contribution in [0.1, 0.15) is 15.9 Å². The number of nitrogens with one attached hydrogen (secondary N) is 1. The maximum Gasteiger partial charge on any atom is 0.251 e. The van der Waals surface area contributed by atoms with Crippen LogP contribution in [-0.2, 0) is 6.42 Å². The molecule has 0 radical (unpaired) electrons. The first-order valence-corrected chi connectivity index (χ1v) is 6.93. The predicted octanol–water partition coefficient (Wildman–Crippen LogP) is 3.81. The van der Waals surface area contributed by atoms with Crippen molar-refractivity contribution >= 4 is 29.1 Å². The Hall–Kier alpha value is -1.78. The molecule has 0 spiro atoms. The second-order valence-corrected chi connectivity index (χ2v) is 5.24. The summed E-state index contributed by atoms with van der Waals surface area (Å²) in [5, 5.41) is 12.2. The van der Waals surface area contributed by atoms with E-state index in [0.29, 0.717) is 13.0 Å². The highest BCUT2D eigenvalue weighted by Crippen LogP contribution is 2.32. The summed E-state index contributed by atoms with van der Waals surface area (Å²) in [6.45, 7) is 0.389. The summed E-state index contributed by atoms with van der Waals surface area (Å²) in [4.78, 5) is 11.9. The van der Waals surface area contributed by atoms with E-state index < -0.39 is 0 Å². The van der Waals surface area contributed by atoms with Gasteiger partial charge in [-0.1, -0.05) is 35.3 Å². The normalized spacial score (nSPS) is 10.4. The van der Waals surface area contributed by atoms with Crippen molar-refractivity contribution in [2.75, 3.05) is 6.54 Å². The lowest BCUT2D eigenvalue weighted by Crippen LogP contribution is -2.25. The minimum atomic E-state index is -0.346. The van der Waals surface area contributed by atoms with E-state index in [0.717, 1.165) is 5.56 Å². The molecule has 0 fully saturated rings. The lowest BCUT2D eigenvalue weighted by molar-refractivity contribution is 0.0954. The Morgan fingerprint density at radius 2 is 1.71 bits per heavy atom. The number of hydrogen-bond acceptors (Lipinski definition) is 2. The van der Waals surface area contributed by atoms with Crippen molar-refractivity contribution in [3.8, 4) is 5.75 Å². The molecule has 0 atom stereocenters. The Morgan fingerprint density at radius 3 is 2.29 bits per heavy atom.